The van der Waals surface area contributed by atoms with E-state index in [0.29, 0.717) is 5.92 Å². The molecule has 1 aliphatic rings. The summed E-state index contributed by atoms with van der Waals surface area (Å²) in [5.41, 5.74) is 1.96. The van der Waals surface area contributed by atoms with Gasteiger partial charge < -0.3 is 10.6 Å². The van der Waals surface area contributed by atoms with E-state index < -0.39 is 0 Å². The molecule has 0 bridgehead atoms. The van der Waals surface area contributed by atoms with E-state index in [0.717, 1.165) is 46.0 Å². The lowest BCUT2D eigenvalue weighted by atomic mass is 9.95. The maximum absolute atomic E-state index is 12.7. The summed E-state index contributed by atoms with van der Waals surface area (Å²) in [6.07, 6.45) is 1.10. The number of thiophene rings is 1. The van der Waals surface area contributed by atoms with Gasteiger partial charge >= 0.3 is 0 Å². The lowest BCUT2D eigenvalue weighted by Gasteiger charge is -2.30. The predicted octanol–water partition coefficient (Wildman–Crippen LogP) is 3.55. The maximum Gasteiger partial charge on any atom is 0.261 e. The smallest absolute Gasteiger partial charge is 0.261 e. The molecule has 2 aromatic heterocycles. The van der Waals surface area contributed by atoms with E-state index in [4.69, 9.17) is 0 Å². The Hall–Kier alpha value is -1.89. The zero-order valence-electron chi connectivity index (χ0n) is 14.9. The quantitative estimate of drug-likeness (QED) is 0.719. The van der Waals surface area contributed by atoms with Gasteiger partial charge in [-0.05, 0) is 44.0 Å². The minimum atomic E-state index is 0. The van der Waals surface area contributed by atoms with Crippen LogP contribution in [-0.2, 0) is 0 Å². The van der Waals surface area contributed by atoms with Gasteiger partial charge in [0.25, 0.3) is 5.91 Å². The predicted molar refractivity (Wildman–Crippen MR) is 109 cm³/mol. The van der Waals surface area contributed by atoms with Crippen LogP contribution in [0.4, 0.5) is 0 Å². The van der Waals surface area contributed by atoms with Crippen molar-refractivity contribution in [3.63, 3.8) is 0 Å². The number of carbonyl (C=O) groups excluding carboxylic acids is 1. The number of aromatic nitrogens is 2. The number of hydrogen-bond acceptors (Lipinski definition) is 4. The van der Waals surface area contributed by atoms with Crippen molar-refractivity contribution in [2.45, 2.75) is 26.3 Å². The molecule has 138 valence electrons. The number of carbonyl (C=O) groups is 1. The number of amides is 1. The van der Waals surface area contributed by atoms with E-state index in [1.807, 2.05) is 48.0 Å². The fourth-order valence-electron chi connectivity index (χ4n) is 3.33. The van der Waals surface area contributed by atoms with Gasteiger partial charge in [-0.3, -0.25) is 4.79 Å². The van der Waals surface area contributed by atoms with Crippen molar-refractivity contribution in [1.29, 1.82) is 0 Å². The zero-order valence-corrected chi connectivity index (χ0v) is 16.5. The van der Waals surface area contributed by atoms with Gasteiger partial charge in [0, 0.05) is 18.0 Å². The molecule has 1 amide bonds. The summed E-state index contributed by atoms with van der Waals surface area (Å²) in [6, 6.07) is 12.2. The Morgan fingerprint density at radius 3 is 2.85 bits per heavy atom. The topological polar surface area (TPSA) is 59.0 Å². The summed E-state index contributed by atoms with van der Waals surface area (Å²) in [4.78, 5) is 14.5. The Balaban J connectivity index is 0.00000196. The summed E-state index contributed by atoms with van der Waals surface area (Å²) in [5.74, 6) is 0.516. The largest absolute Gasteiger partial charge is 0.347 e. The molecule has 0 spiro atoms. The summed E-state index contributed by atoms with van der Waals surface area (Å²) in [7, 11) is 0. The number of para-hydroxylation sites is 1. The van der Waals surface area contributed by atoms with Gasteiger partial charge in [0.2, 0.25) is 0 Å². The van der Waals surface area contributed by atoms with Crippen molar-refractivity contribution in [3.8, 4) is 5.69 Å². The second-order valence-corrected chi connectivity index (χ2v) is 7.74. The van der Waals surface area contributed by atoms with Crippen molar-refractivity contribution in [1.82, 2.24) is 20.4 Å². The van der Waals surface area contributed by atoms with Crippen LogP contribution in [-0.4, -0.2) is 34.8 Å². The Morgan fingerprint density at radius 1 is 1.35 bits per heavy atom. The zero-order chi connectivity index (χ0) is 17.4. The second-order valence-electron chi connectivity index (χ2n) is 6.71. The van der Waals surface area contributed by atoms with Gasteiger partial charge in [0.05, 0.1) is 16.3 Å². The van der Waals surface area contributed by atoms with Gasteiger partial charge in [0.15, 0.2) is 0 Å². The van der Waals surface area contributed by atoms with E-state index in [9.17, 15) is 4.79 Å². The number of piperidine rings is 1. The Bertz CT molecular complexity index is 905. The third-order valence-corrected chi connectivity index (χ3v) is 6.02. The van der Waals surface area contributed by atoms with E-state index in [1.54, 1.807) is 0 Å². The lowest BCUT2D eigenvalue weighted by molar-refractivity contribution is 0.0919. The van der Waals surface area contributed by atoms with E-state index >= 15 is 0 Å². The lowest BCUT2D eigenvalue weighted by Crippen LogP contribution is -2.50. The Morgan fingerprint density at radius 2 is 2.12 bits per heavy atom. The van der Waals surface area contributed by atoms with Gasteiger partial charge in [-0.25, -0.2) is 4.68 Å². The molecule has 0 aliphatic carbocycles. The highest BCUT2D eigenvalue weighted by Crippen LogP contribution is 2.30. The van der Waals surface area contributed by atoms with Gasteiger partial charge in [-0.15, -0.1) is 23.7 Å². The monoisotopic (exact) mass is 390 g/mol. The number of aryl methyl sites for hydroxylation is 1. The molecule has 2 unspecified atom stereocenters. The first-order valence-corrected chi connectivity index (χ1v) is 9.51. The minimum Gasteiger partial charge on any atom is -0.347 e. The Labute approximate surface area is 163 Å². The number of benzene rings is 1. The number of hydrogen-bond donors (Lipinski definition) is 2. The van der Waals surface area contributed by atoms with Crippen LogP contribution in [0.25, 0.3) is 15.9 Å². The molecule has 1 saturated heterocycles. The highest BCUT2D eigenvalue weighted by Gasteiger charge is 2.24. The van der Waals surface area contributed by atoms with E-state index in [-0.39, 0.29) is 24.4 Å². The number of nitrogens with zero attached hydrogens (tertiary/aromatic N) is 2. The molecule has 0 saturated carbocycles. The molecule has 7 heteroatoms. The average molecular weight is 391 g/mol. The fraction of sp³-hybridized carbons (Fsp3) is 0.368. The molecule has 5 nitrogen and oxygen atoms in total. The van der Waals surface area contributed by atoms with Crippen LogP contribution in [0.3, 0.4) is 0 Å². The van der Waals surface area contributed by atoms with Crippen molar-refractivity contribution in [2.24, 2.45) is 5.92 Å². The van der Waals surface area contributed by atoms with Crippen molar-refractivity contribution in [2.75, 3.05) is 13.1 Å². The SMILES string of the molecule is Cc1nn(-c2ccccc2)c2sc(C(=O)NC3CNCCC3C)cc12.Cl. The number of rotatable bonds is 3. The van der Waals surface area contributed by atoms with Crippen molar-refractivity contribution < 1.29 is 4.79 Å². The summed E-state index contributed by atoms with van der Waals surface area (Å²) in [6.45, 7) is 6.06. The second kappa shape index (κ2) is 7.78. The summed E-state index contributed by atoms with van der Waals surface area (Å²) < 4.78 is 1.93. The highest BCUT2D eigenvalue weighted by atomic mass is 35.5. The van der Waals surface area contributed by atoms with Gasteiger partial charge in [-0.1, -0.05) is 25.1 Å². The summed E-state index contributed by atoms with van der Waals surface area (Å²) >= 11 is 1.51. The molecular weight excluding hydrogens is 368 g/mol. The fourth-order valence-corrected chi connectivity index (χ4v) is 4.41. The van der Waals surface area contributed by atoms with Crippen LogP contribution in [0.15, 0.2) is 36.4 Å². The van der Waals surface area contributed by atoms with Crippen LogP contribution in [0, 0.1) is 12.8 Å². The molecule has 1 fully saturated rings. The Kier molecular flexibility index (Phi) is 5.65. The van der Waals surface area contributed by atoms with Gasteiger partial charge in [0.1, 0.15) is 4.83 Å². The van der Waals surface area contributed by atoms with Crippen molar-refractivity contribution >= 4 is 39.9 Å². The normalized spacial score (nSPS) is 19.9. The number of fused-ring (bicyclic) bond motifs is 1. The molecule has 26 heavy (non-hydrogen) atoms. The first-order chi connectivity index (χ1) is 12.1. The molecule has 3 heterocycles. The van der Waals surface area contributed by atoms with Crippen LogP contribution >= 0.6 is 23.7 Å². The first kappa shape index (κ1) is 18.9. The van der Waals surface area contributed by atoms with Crippen molar-refractivity contribution in [3.05, 3.63) is 47.0 Å². The standard InChI is InChI=1S/C19H22N4OS.ClH/c1-12-8-9-20-11-16(12)21-18(24)17-10-15-13(2)22-23(19(15)25-17)14-6-4-3-5-7-14;/h3-7,10,12,16,20H,8-9,11H2,1-2H3,(H,21,24);1H. The summed E-state index contributed by atoms with van der Waals surface area (Å²) in [5, 5.41) is 12.2. The number of nitrogens with one attached hydrogen (secondary N) is 2. The van der Waals surface area contributed by atoms with Crippen LogP contribution in [0.5, 0.6) is 0 Å². The molecule has 3 aromatic rings. The maximum atomic E-state index is 12.7. The molecule has 1 aromatic carbocycles. The van der Waals surface area contributed by atoms with Crippen LogP contribution < -0.4 is 10.6 Å². The van der Waals surface area contributed by atoms with E-state index in [2.05, 4.69) is 22.7 Å². The molecule has 4 rings (SSSR count). The highest BCUT2D eigenvalue weighted by molar-refractivity contribution is 7.20. The van der Waals surface area contributed by atoms with Crippen LogP contribution in [0.2, 0.25) is 0 Å². The minimum absolute atomic E-state index is 0. The third-order valence-electron chi connectivity index (χ3n) is 4.91. The molecule has 1 aliphatic heterocycles. The van der Waals surface area contributed by atoms with Gasteiger partial charge in [-0.2, -0.15) is 5.10 Å². The van der Waals surface area contributed by atoms with E-state index in [1.165, 1.54) is 11.3 Å². The average Bonchev–Trinajstić information content (AvgIpc) is 3.19. The molecule has 2 N–H and O–H groups in total. The van der Waals surface area contributed by atoms with Crippen LogP contribution in [0.1, 0.15) is 28.7 Å². The first-order valence-electron chi connectivity index (χ1n) is 8.69. The molecule has 0 radical (unpaired) electrons. The third kappa shape index (κ3) is 3.49. The number of halogens is 1. The molecule has 2 atom stereocenters. The molecular formula is C19H23ClN4OS.